The van der Waals surface area contributed by atoms with Gasteiger partial charge < -0.3 is 0 Å². The van der Waals surface area contributed by atoms with Gasteiger partial charge in [0.1, 0.15) is 0 Å². The van der Waals surface area contributed by atoms with E-state index in [-0.39, 0.29) is 7.92 Å². The minimum Gasteiger partial charge on any atom is -0.294 e. The molecule has 0 atom stereocenters. The molecular formula is C13H19OP. The van der Waals surface area contributed by atoms with Crippen molar-refractivity contribution in [1.82, 2.24) is 0 Å². The lowest BCUT2D eigenvalue weighted by Gasteiger charge is -2.11. The molecule has 0 fully saturated rings. The molecule has 0 aromatic heterocycles. The van der Waals surface area contributed by atoms with Crippen LogP contribution >= 0.6 is 7.92 Å². The van der Waals surface area contributed by atoms with Crippen molar-refractivity contribution in [2.45, 2.75) is 20.8 Å². The topological polar surface area (TPSA) is 17.1 Å². The summed E-state index contributed by atoms with van der Waals surface area (Å²) in [6.07, 6.45) is 0.708. The number of hydrogen-bond donors (Lipinski definition) is 0. The van der Waals surface area contributed by atoms with Crippen LogP contribution in [-0.4, -0.2) is 25.3 Å². The maximum atomic E-state index is 12.0. The van der Waals surface area contributed by atoms with Gasteiger partial charge in [-0.2, -0.15) is 0 Å². The van der Waals surface area contributed by atoms with E-state index in [1.54, 1.807) is 0 Å². The van der Waals surface area contributed by atoms with Crippen molar-refractivity contribution >= 4 is 13.7 Å². The van der Waals surface area contributed by atoms with Crippen LogP contribution in [0, 0.1) is 20.8 Å². The highest BCUT2D eigenvalue weighted by Gasteiger charge is 2.13. The van der Waals surface area contributed by atoms with Crippen molar-refractivity contribution in [2.75, 3.05) is 19.5 Å². The third kappa shape index (κ3) is 3.14. The van der Waals surface area contributed by atoms with E-state index in [0.29, 0.717) is 11.9 Å². The minimum atomic E-state index is -0.145. The van der Waals surface area contributed by atoms with Crippen molar-refractivity contribution in [1.29, 1.82) is 0 Å². The SMILES string of the molecule is Cc1cc(C)c(C(=O)CP(C)C)c(C)c1. The highest BCUT2D eigenvalue weighted by Crippen LogP contribution is 2.27. The van der Waals surface area contributed by atoms with Gasteiger partial charge >= 0.3 is 0 Å². The lowest BCUT2D eigenvalue weighted by molar-refractivity contribution is 0.102. The molecular weight excluding hydrogens is 203 g/mol. The maximum Gasteiger partial charge on any atom is 0.167 e. The summed E-state index contributed by atoms with van der Waals surface area (Å²) >= 11 is 0. The number of carbonyl (C=O) groups is 1. The highest BCUT2D eigenvalue weighted by molar-refractivity contribution is 7.57. The fourth-order valence-corrected chi connectivity index (χ4v) is 2.72. The number of rotatable bonds is 3. The molecule has 0 aliphatic heterocycles. The Morgan fingerprint density at radius 3 is 2.00 bits per heavy atom. The van der Waals surface area contributed by atoms with Gasteiger partial charge in [-0.3, -0.25) is 4.79 Å². The van der Waals surface area contributed by atoms with Gasteiger partial charge in [-0.05, 0) is 45.2 Å². The molecule has 1 rings (SSSR count). The van der Waals surface area contributed by atoms with E-state index in [2.05, 4.69) is 32.4 Å². The molecule has 0 heterocycles. The van der Waals surface area contributed by atoms with E-state index < -0.39 is 0 Å². The normalized spacial score (nSPS) is 10.8. The van der Waals surface area contributed by atoms with Gasteiger partial charge in [-0.15, -0.1) is 7.92 Å². The first kappa shape index (κ1) is 12.4. The summed E-state index contributed by atoms with van der Waals surface area (Å²) in [5.74, 6) is 0.307. The lowest BCUT2D eigenvalue weighted by atomic mass is 9.97. The Labute approximate surface area is 93.6 Å². The molecule has 82 valence electrons. The Morgan fingerprint density at radius 1 is 1.13 bits per heavy atom. The van der Waals surface area contributed by atoms with E-state index in [1.807, 2.05) is 13.8 Å². The number of Topliss-reactive ketones (excluding diaryl/α,β-unsaturated/α-hetero) is 1. The second-order valence-corrected chi connectivity index (χ2v) is 6.91. The molecule has 1 aromatic carbocycles. The van der Waals surface area contributed by atoms with Crippen molar-refractivity contribution in [3.63, 3.8) is 0 Å². The van der Waals surface area contributed by atoms with Crippen LogP contribution in [0.1, 0.15) is 27.0 Å². The molecule has 0 N–H and O–H groups in total. The smallest absolute Gasteiger partial charge is 0.167 e. The minimum absolute atomic E-state index is 0.145. The maximum absolute atomic E-state index is 12.0. The number of hydrogen-bond acceptors (Lipinski definition) is 1. The first-order valence-corrected chi connectivity index (χ1v) is 7.59. The molecule has 0 bridgehead atoms. The molecule has 0 radical (unpaired) electrons. The molecule has 1 aromatic rings. The van der Waals surface area contributed by atoms with Crippen molar-refractivity contribution in [2.24, 2.45) is 0 Å². The monoisotopic (exact) mass is 222 g/mol. The van der Waals surface area contributed by atoms with Crippen molar-refractivity contribution in [3.8, 4) is 0 Å². The fraction of sp³-hybridized carbons (Fsp3) is 0.462. The van der Waals surface area contributed by atoms with Crippen LogP contribution in [0.3, 0.4) is 0 Å². The number of aryl methyl sites for hydroxylation is 3. The van der Waals surface area contributed by atoms with E-state index in [1.165, 1.54) is 5.56 Å². The highest BCUT2D eigenvalue weighted by atomic mass is 31.1. The summed E-state index contributed by atoms with van der Waals surface area (Å²) in [5, 5.41) is 0. The van der Waals surface area contributed by atoms with Gasteiger partial charge in [0.25, 0.3) is 0 Å². The molecule has 0 unspecified atom stereocenters. The van der Waals surface area contributed by atoms with Crippen LogP contribution in [0.5, 0.6) is 0 Å². The predicted molar refractivity (Wildman–Crippen MR) is 68.6 cm³/mol. The fourth-order valence-electron chi connectivity index (χ4n) is 1.99. The van der Waals surface area contributed by atoms with Crippen molar-refractivity contribution in [3.05, 3.63) is 34.4 Å². The van der Waals surface area contributed by atoms with E-state index >= 15 is 0 Å². The first-order valence-electron chi connectivity index (χ1n) is 5.17. The summed E-state index contributed by atoms with van der Waals surface area (Å²) in [6, 6.07) is 4.18. The molecule has 0 aliphatic carbocycles. The largest absolute Gasteiger partial charge is 0.294 e. The standard InChI is InChI=1S/C13H19OP/c1-9-6-10(2)13(11(3)7-9)12(14)8-15(4)5/h6-7H,8H2,1-5H3. The summed E-state index contributed by atoms with van der Waals surface area (Å²) in [5.41, 5.74) is 4.41. The van der Waals surface area contributed by atoms with Gasteiger partial charge in [0.2, 0.25) is 0 Å². The number of ketones is 1. The third-order valence-corrected chi connectivity index (χ3v) is 3.34. The van der Waals surface area contributed by atoms with Crippen LogP contribution in [-0.2, 0) is 0 Å². The molecule has 0 amide bonds. The van der Waals surface area contributed by atoms with Crippen LogP contribution in [0.25, 0.3) is 0 Å². The first-order chi connectivity index (χ1) is 6.91. The Bertz CT molecular complexity index is 357. The zero-order valence-electron chi connectivity index (χ0n) is 10.2. The van der Waals surface area contributed by atoms with E-state index in [9.17, 15) is 4.79 Å². The number of carbonyl (C=O) groups excluding carboxylic acids is 1. The van der Waals surface area contributed by atoms with Crippen LogP contribution in [0.2, 0.25) is 0 Å². The second kappa shape index (κ2) is 4.90. The Kier molecular flexibility index (Phi) is 4.04. The van der Waals surface area contributed by atoms with Gasteiger partial charge in [-0.1, -0.05) is 17.7 Å². The average Bonchev–Trinajstić information content (AvgIpc) is 1.99. The summed E-state index contributed by atoms with van der Waals surface area (Å²) in [7, 11) is -0.145. The molecule has 0 saturated carbocycles. The molecule has 15 heavy (non-hydrogen) atoms. The van der Waals surface area contributed by atoms with Gasteiger partial charge in [0, 0.05) is 11.7 Å². The van der Waals surface area contributed by atoms with Crippen LogP contribution in [0.15, 0.2) is 12.1 Å². The molecule has 1 nitrogen and oxygen atoms in total. The Balaban J connectivity index is 3.09. The Morgan fingerprint density at radius 2 is 1.60 bits per heavy atom. The molecule has 0 aliphatic rings. The lowest BCUT2D eigenvalue weighted by Crippen LogP contribution is -2.08. The zero-order valence-corrected chi connectivity index (χ0v) is 11.1. The van der Waals surface area contributed by atoms with Crippen molar-refractivity contribution < 1.29 is 4.79 Å². The predicted octanol–water partition coefficient (Wildman–Crippen LogP) is 3.54. The summed E-state index contributed by atoms with van der Waals surface area (Å²) < 4.78 is 0. The van der Waals surface area contributed by atoms with Crippen LogP contribution in [0.4, 0.5) is 0 Å². The number of benzene rings is 1. The average molecular weight is 222 g/mol. The Hall–Kier alpha value is -0.680. The van der Waals surface area contributed by atoms with E-state index in [4.69, 9.17) is 0 Å². The van der Waals surface area contributed by atoms with Gasteiger partial charge in [0.05, 0.1) is 0 Å². The summed E-state index contributed by atoms with van der Waals surface area (Å²) in [6.45, 7) is 10.4. The molecule has 2 heteroatoms. The quantitative estimate of drug-likeness (QED) is 0.564. The zero-order chi connectivity index (χ0) is 11.6. The van der Waals surface area contributed by atoms with Crippen LogP contribution < -0.4 is 0 Å². The van der Waals surface area contributed by atoms with E-state index in [0.717, 1.165) is 16.7 Å². The van der Waals surface area contributed by atoms with Gasteiger partial charge in [-0.25, -0.2) is 0 Å². The van der Waals surface area contributed by atoms with Gasteiger partial charge in [0.15, 0.2) is 5.78 Å². The molecule has 0 saturated heterocycles. The third-order valence-electron chi connectivity index (χ3n) is 2.42. The second-order valence-electron chi connectivity index (χ2n) is 4.43. The molecule has 0 spiro atoms. The summed E-state index contributed by atoms with van der Waals surface area (Å²) in [4.78, 5) is 12.0.